The standard InChI is InChI=1S/C16H14N6O4/c1-8-7-12(23)18-16(17-8)22-14(24)13(9(2)21-22)20-19-11-5-3-10(4-6-11)15(25)26/h3-7,21H,1-2H3,(H,25,26)(H,17,18,23). The van der Waals surface area contributed by atoms with Crippen molar-refractivity contribution in [1.29, 1.82) is 0 Å². The van der Waals surface area contributed by atoms with Gasteiger partial charge >= 0.3 is 11.5 Å². The molecule has 0 aliphatic rings. The highest BCUT2D eigenvalue weighted by Crippen LogP contribution is 2.18. The molecular formula is C16H14N6O4. The number of hydrogen-bond acceptors (Lipinski definition) is 6. The Morgan fingerprint density at radius 1 is 1.15 bits per heavy atom. The highest BCUT2D eigenvalue weighted by atomic mass is 16.4. The summed E-state index contributed by atoms with van der Waals surface area (Å²) in [5, 5.41) is 19.5. The van der Waals surface area contributed by atoms with Crippen LogP contribution in [-0.2, 0) is 0 Å². The lowest BCUT2D eigenvalue weighted by molar-refractivity contribution is 0.0697. The number of nitrogens with one attached hydrogen (secondary N) is 2. The number of rotatable bonds is 4. The minimum Gasteiger partial charge on any atom is -0.478 e. The monoisotopic (exact) mass is 354 g/mol. The Labute approximate surface area is 145 Å². The third-order valence-electron chi connectivity index (χ3n) is 3.49. The first-order chi connectivity index (χ1) is 12.3. The predicted molar refractivity (Wildman–Crippen MR) is 91.9 cm³/mol. The summed E-state index contributed by atoms with van der Waals surface area (Å²) in [6, 6.07) is 7.05. The lowest BCUT2D eigenvalue weighted by Gasteiger charge is -2.00. The van der Waals surface area contributed by atoms with Gasteiger partial charge in [-0.25, -0.2) is 9.78 Å². The number of azo groups is 1. The largest absolute Gasteiger partial charge is 0.478 e. The molecule has 1 aromatic carbocycles. The van der Waals surface area contributed by atoms with Crippen LogP contribution in [0.15, 0.2) is 50.1 Å². The van der Waals surface area contributed by atoms with Crippen molar-refractivity contribution in [3.63, 3.8) is 0 Å². The number of carbonyl (C=O) groups is 1. The van der Waals surface area contributed by atoms with Crippen molar-refractivity contribution in [2.75, 3.05) is 0 Å². The SMILES string of the molecule is Cc1cc(=O)[nH]c(-n2[nH]c(C)c(N=Nc3ccc(C(=O)O)cc3)c2=O)n1. The van der Waals surface area contributed by atoms with Gasteiger partial charge < -0.3 is 5.11 Å². The van der Waals surface area contributed by atoms with Gasteiger partial charge in [-0.3, -0.25) is 19.7 Å². The zero-order valence-corrected chi connectivity index (χ0v) is 13.8. The molecule has 0 aliphatic heterocycles. The maximum atomic E-state index is 12.5. The van der Waals surface area contributed by atoms with Crippen LogP contribution < -0.4 is 11.1 Å². The number of H-pyrrole nitrogens is 2. The van der Waals surface area contributed by atoms with Crippen LogP contribution in [0.2, 0.25) is 0 Å². The number of hydrogen-bond donors (Lipinski definition) is 3. The zero-order valence-electron chi connectivity index (χ0n) is 13.8. The Hall–Kier alpha value is -3.82. The highest BCUT2D eigenvalue weighted by Gasteiger charge is 2.14. The second-order valence-electron chi connectivity index (χ2n) is 5.49. The van der Waals surface area contributed by atoms with Gasteiger partial charge in [0.25, 0.3) is 5.56 Å². The van der Waals surface area contributed by atoms with Gasteiger partial charge in [0.05, 0.1) is 16.9 Å². The van der Waals surface area contributed by atoms with Crippen molar-refractivity contribution >= 4 is 17.3 Å². The second kappa shape index (κ2) is 6.59. The molecular weight excluding hydrogens is 340 g/mol. The summed E-state index contributed by atoms with van der Waals surface area (Å²) in [7, 11) is 0. The Morgan fingerprint density at radius 3 is 2.46 bits per heavy atom. The van der Waals surface area contributed by atoms with E-state index in [4.69, 9.17) is 5.11 Å². The average Bonchev–Trinajstić information content (AvgIpc) is 2.87. The van der Waals surface area contributed by atoms with Crippen LogP contribution in [0.25, 0.3) is 5.95 Å². The molecule has 2 aromatic heterocycles. The minimum atomic E-state index is -1.04. The number of aromatic carboxylic acids is 1. The maximum Gasteiger partial charge on any atom is 0.335 e. The fourth-order valence-corrected chi connectivity index (χ4v) is 2.25. The first-order valence-electron chi connectivity index (χ1n) is 7.50. The van der Waals surface area contributed by atoms with Gasteiger partial charge in [-0.2, -0.15) is 9.80 Å². The zero-order chi connectivity index (χ0) is 18.8. The molecule has 0 unspecified atom stereocenters. The van der Waals surface area contributed by atoms with E-state index < -0.39 is 11.5 Å². The van der Waals surface area contributed by atoms with Crippen molar-refractivity contribution in [2.24, 2.45) is 10.2 Å². The molecule has 3 N–H and O–H groups in total. The molecule has 3 rings (SSSR count). The topological polar surface area (TPSA) is 146 Å². The molecule has 132 valence electrons. The number of aromatic nitrogens is 4. The van der Waals surface area contributed by atoms with E-state index in [1.807, 2.05) is 0 Å². The molecule has 10 heteroatoms. The van der Waals surface area contributed by atoms with Crippen LogP contribution in [0, 0.1) is 13.8 Å². The molecule has 0 fully saturated rings. The third-order valence-corrected chi connectivity index (χ3v) is 3.49. The summed E-state index contributed by atoms with van der Waals surface area (Å²) in [6.45, 7) is 3.27. The predicted octanol–water partition coefficient (Wildman–Crippen LogP) is 1.98. The van der Waals surface area contributed by atoms with Crippen molar-refractivity contribution in [1.82, 2.24) is 19.7 Å². The van der Waals surface area contributed by atoms with E-state index in [-0.39, 0.29) is 22.8 Å². The summed E-state index contributed by atoms with van der Waals surface area (Å²) in [5.74, 6) is -0.993. The van der Waals surface area contributed by atoms with E-state index in [0.717, 1.165) is 4.68 Å². The molecule has 10 nitrogen and oxygen atoms in total. The van der Waals surface area contributed by atoms with Crippen molar-refractivity contribution in [3.05, 3.63) is 68.0 Å². The molecule has 3 aromatic rings. The third kappa shape index (κ3) is 3.34. The summed E-state index contributed by atoms with van der Waals surface area (Å²) in [5.41, 5.74) is 0.559. The molecule has 0 spiro atoms. The smallest absolute Gasteiger partial charge is 0.335 e. The van der Waals surface area contributed by atoms with Crippen LogP contribution >= 0.6 is 0 Å². The van der Waals surface area contributed by atoms with Crippen LogP contribution in [-0.4, -0.2) is 30.8 Å². The Kier molecular flexibility index (Phi) is 4.31. The molecule has 0 aliphatic carbocycles. The number of aromatic amines is 2. The molecule has 0 saturated carbocycles. The molecule has 0 atom stereocenters. The Morgan fingerprint density at radius 2 is 1.85 bits per heavy atom. The van der Waals surface area contributed by atoms with Gasteiger partial charge in [-0.05, 0) is 38.1 Å². The van der Waals surface area contributed by atoms with Crippen LogP contribution in [0.4, 0.5) is 11.4 Å². The number of nitrogens with zero attached hydrogens (tertiary/aromatic N) is 4. The van der Waals surface area contributed by atoms with Gasteiger partial charge in [0.1, 0.15) is 0 Å². The molecule has 2 heterocycles. The molecule has 0 radical (unpaired) electrons. The van der Waals surface area contributed by atoms with Gasteiger partial charge in [0.15, 0.2) is 5.69 Å². The summed E-state index contributed by atoms with van der Waals surface area (Å²) < 4.78 is 1.08. The van der Waals surface area contributed by atoms with Crippen LogP contribution in [0.1, 0.15) is 21.7 Å². The van der Waals surface area contributed by atoms with Gasteiger partial charge in [0.2, 0.25) is 5.95 Å². The first kappa shape index (κ1) is 17.0. The van der Waals surface area contributed by atoms with Crippen molar-refractivity contribution < 1.29 is 9.90 Å². The fourth-order valence-electron chi connectivity index (χ4n) is 2.25. The number of aryl methyl sites for hydroxylation is 2. The van der Waals surface area contributed by atoms with Crippen molar-refractivity contribution in [2.45, 2.75) is 13.8 Å². The normalized spacial score (nSPS) is 11.2. The molecule has 0 bridgehead atoms. The van der Waals surface area contributed by atoms with E-state index in [1.54, 1.807) is 13.8 Å². The second-order valence-corrected chi connectivity index (χ2v) is 5.49. The number of benzene rings is 1. The van der Waals surface area contributed by atoms with Gasteiger partial charge in [-0.1, -0.05) is 0 Å². The number of carboxylic acid groups (broad SMARTS) is 1. The van der Waals surface area contributed by atoms with Gasteiger partial charge in [-0.15, -0.1) is 5.11 Å². The maximum absolute atomic E-state index is 12.5. The van der Waals surface area contributed by atoms with Gasteiger partial charge in [0, 0.05) is 11.8 Å². The van der Waals surface area contributed by atoms with Crippen molar-refractivity contribution in [3.8, 4) is 5.95 Å². The minimum absolute atomic E-state index is 0.0513. The summed E-state index contributed by atoms with van der Waals surface area (Å²) >= 11 is 0. The quantitative estimate of drug-likeness (QED) is 0.613. The highest BCUT2D eigenvalue weighted by molar-refractivity contribution is 5.87. The van der Waals surface area contributed by atoms with E-state index in [2.05, 4.69) is 25.3 Å². The fraction of sp³-hybridized carbons (Fsp3) is 0.125. The van der Waals surface area contributed by atoms with E-state index in [1.165, 1.54) is 30.3 Å². The van der Waals surface area contributed by atoms with Crippen LogP contribution in [0.5, 0.6) is 0 Å². The Balaban J connectivity index is 1.96. The Bertz CT molecular complexity index is 1120. The first-order valence-corrected chi connectivity index (χ1v) is 7.50. The summed E-state index contributed by atoms with van der Waals surface area (Å²) in [4.78, 5) is 41.5. The number of carboxylic acids is 1. The lowest BCUT2D eigenvalue weighted by atomic mass is 10.2. The van der Waals surface area contributed by atoms with E-state index >= 15 is 0 Å². The molecule has 0 amide bonds. The molecule has 26 heavy (non-hydrogen) atoms. The van der Waals surface area contributed by atoms with Crippen LogP contribution in [0.3, 0.4) is 0 Å². The lowest BCUT2D eigenvalue weighted by Crippen LogP contribution is -2.21. The van der Waals surface area contributed by atoms with E-state index in [9.17, 15) is 14.4 Å². The van der Waals surface area contributed by atoms with E-state index in [0.29, 0.717) is 17.1 Å². The summed E-state index contributed by atoms with van der Waals surface area (Å²) in [6.07, 6.45) is 0. The molecule has 0 saturated heterocycles. The average molecular weight is 354 g/mol.